The molecule has 1 saturated heterocycles. The summed E-state index contributed by atoms with van der Waals surface area (Å²) in [6.45, 7) is 3.53. The maximum atomic E-state index is 11.0. The third-order valence-corrected chi connectivity index (χ3v) is 4.53. The maximum Gasteiger partial charge on any atom is 0.309 e. The number of carboxylic acid groups (broad SMARTS) is 1. The molecule has 0 radical (unpaired) electrons. The van der Waals surface area contributed by atoms with Gasteiger partial charge in [-0.2, -0.15) is 0 Å². The Balaban J connectivity index is 1.72. The molecular weight excluding hydrogens is 324 g/mol. The van der Waals surface area contributed by atoms with Gasteiger partial charge in [-0.1, -0.05) is 30.0 Å². The Kier molecular flexibility index (Phi) is 5.20. The van der Waals surface area contributed by atoms with Crippen molar-refractivity contribution in [3.63, 3.8) is 0 Å². The Morgan fingerprint density at radius 2 is 1.79 bits per heavy atom. The highest BCUT2D eigenvalue weighted by atomic mass is 32.2. The number of benzene rings is 1. The van der Waals surface area contributed by atoms with Gasteiger partial charge in [0, 0.05) is 37.9 Å². The molecule has 0 spiro atoms. The predicted octanol–water partition coefficient (Wildman–Crippen LogP) is 2.15. The van der Waals surface area contributed by atoms with Gasteiger partial charge in [0.25, 0.3) is 0 Å². The van der Waals surface area contributed by atoms with Crippen LogP contribution in [0.1, 0.15) is 5.69 Å². The Bertz CT molecular complexity index is 703. The molecule has 2 heterocycles. The van der Waals surface area contributed by atoms with Crippen LogP contribution in [0.2, 0.25) is 0 Å². The number of nitrogens with zero attached hydrogens (tertiary/aromatic N) is 4. The Hall–Kier alpha value is -2.28. The van der Waals surface area contributed by atoms with Crippen molar-refractivity contribution in [2.24, 2.45) is 0 Å². The number of carbonyl (C=O) groups is 1. The van der Waals surface area contributed by atoms with Gasteiger partial charge in [-0.25, -0.2) is 9.97 Å². The van der Waals surface area contributed by atoms with Gasteiger partial charge >= 0.3 is 5.97 Å². The fraction of sp³-hybridized carbons (Fsp3) is 0.353. The van der Waals surface area contributed by atoms with Gasteiger partial charge in [0.2, 0.25) is 0 Å². The lowest BCUT2D eigenvalue weighted by Gasteiger charge is -2.36. The zero-order valence-corrected chi connectivity index (χ0v) is 14.4. The van der Waals surface area contributed by atoms with E-state index in [2.05, 4.69) is 44.0 Å². The van der Waals surface area contributed by atoms with Crippen molar-refractivity contribution >= 4 is 29.2 Å². The largest absolute Gasteiger partial charge is 0.481 e. The summed E-state index contributed by atoms with van der Waals surface area (Å²) in [5.74, 6) is -0.0566. The third-order valence-electron chi connectivity index (χ3n) is 3.99. The molecule has 3 rings (SSSR count). The van der Waals surface area contributed by atoms with E-state index in [1.54, 1.807) is 6.07 Å². The molecule has 0 aliphatic carbocycles. The van der Waals surface area contributed by atoms with Crippen LogP contribution in [0.4, 0.5) is 11.5 Å². The lowest BCUT2D eigenvalue weighted by atomic mass is 10.2. The average Bonchev–Trinajstić information content (AvgIpc) is 2.62. The summed E-state index contributed by atoms with van der Waals surface area (Å²) in [5, 5.41) is 9.62. The van der Waals surface area contributed by atoms with Crippen LogP contribution in [0.5, 0.6) is 0 Å². The summed E-state index contributed by atoms with van der Waals surface area (Å²) in [6.07, 6.45) is 1.82. The number of thioether (sulfide) groups is 1. The standard InChI is InChI=1S/C17H20N4O2S/c1-24-17-18-13(12-16(22)23)11-15(19-17)21-9-7-20(8-10-21)14-5-3-2-4-6-14/h2-6,11H,7-10,12H2,1H3,(H,22,23). The summed E-state index contributed by atoms with van der Waals surface area (Å²) in [7, 11) is 0. The van der Waals surface area contributed by atoms with Crippen LogP contribution in [0.15, 0.2) is 41.6 Å². The molecule has 126 valence electrons. The summed E-state index contributed by atoms with van der Waals surface area (Å²) in [5.41, 5.74) is 1.79. The second kappa shape index (κ2) is 7.53. The van der Waals surface area contributed by atoms with Gasteiger partial charge in [-0.15, -0.1) is 0 Å². The molecular formula is C17H20N4O2S. The summed E-state index contributed by atoms with van der Waals surface area (Å²) < 4.78 is 0. The first-order valence-corrected chi connectivity index (χ1v) is 9.07. The van der Waals surface area contributed by atoms with E-state index < -0.39 is 5.97 Å². The van der Waals surface area contributed by atoms with Crippen LogP contribution in [-0.4, -0.2) is 53.5 Å². The van der Waals surface area contributed by atoms with Crippen molar-refractivity contribution in [1.82, 2.24) is 9.97 Å². The number of hydrogen-bond acceptors (Lipinski definition) is 6. The van der Waals surface area contributed by atoms with E-state index in [1.807, 2.05) is 12.3 Å². The summed E-state index contributed by atoms with van der Waals surface area (Å²) >= 11 is 1.43. The van der Waals surface area contributed by atoms with Gasteiger partial charge in [0.05, 0.1) is 12.1 Å². The monoisotopic (exact) mass is 344 g/mol. The van der Waals surface area contributed by atoms with E-state index in [4.69, 9.17) is 5.11 Å². The molecule has 1 aromatic heterocycles. The van der Waals surface area contributed by atoms with Gasteiger partial charge in [0.15, 0.2) is 5.16 Å². The number of aromatic nitrogens is 2. The first kappa shape index (κ1) is 16.6. The molecule has 1 N–H and O–H groups in total. The van der Waals surface area contributed by atoms with Crippen molar-refractivity contribution in [1.29, 1.82) is 0 Å². The topological polar surface area (TPSA) is 69.6 Å². The third kappa shape index (κ3) is 3.97. The number of carboxylic acids is 1. The lowest BCUT2D eigenvalue weighted by molar-refractivity contribution is -0.136. The van der Waals surface area contributed by atoms with Crippen molar-refractivity contribution in [3.05, 3.63) is 42.1 Å². The minimum absolute atomic E-state index is 0.0763. The minimum Gasteiger partial charge on any atom is -0.481 e. The van der Waals surface area contributed by atoms with Gasteiger partial charge in [-0.3, -0.25) is 4.79 Å². The number of piperazine rings is 1. The molecule has 0 saturated carbocycles. The van der Waals surface area contributed by atoms with E-state index in [9.17, 15) is 4.79 Å². The first-order chi connectivity index (χ1) is 11.7. The van der Waals surface area contributed by atoms with E-state index in [1.165, 1.54) is 17.4 Å². The van der Waals surface area contributed by atoms with Crippen LogP contribution in [0.3, 0.4) is 0 Å². The molecule has 0 unspecified atom stereocenters. The van der Waals surface area contributed by atoms with Crippen molar-refractivity contribution in [2.75, 3.05) is 42.2 Å². The quantitative estimate of drug-likeness (QED) is 0.658. The van der Waals surface area contributed by atoms with Crippen LogP contribution in [-0.2, 0) is 11.2 Å². The van der Waals surface area contributed by atoms with E-state index in [0.717, 1.165) is 32.0 Å². The molecule has 1 aliphatic heterocycles. The van der Waals surface area contributed by atoms with E-state index in [0.29, 0.717) is 10.9 Å². The molecule has 0 bridgehead atoms. The number of para-hydroxylation sites is 1. The molecule has 2 aromatic rings. The highest BCUT2D eigenvalue weighted by Gasteiger charge is 2.20. The molecule has 24 heavy (non-hydrogen) atoms. The molecule has 1 aliphatic rings. The SMILES string of the molecule is CSc1nc(CC(=O)O)cc(N2CCN(c3ccccc3)CC2)n1. The second-order valence-electron chi connectivity index (χ2n) is 5.58. The highest BCUT2D eigenvalue weighted by Crippen LogP contribution is 2.21. The van der Waals surface area contributed by atoms with Crippen molar-refractivity contribution in [2.45, 2.75) is 11.6 Å². The van der Waals surface area contributed by atoms with Gasteiger partial charge in [0.1, 0.15) is 5.82 Å². The first-order valence-electron chi connectivity index (χ1n) is 7.84. The maximum absolute atomic E-state index is 11.0. The van der Waals surface area contributed by atoms with Gasteiger partial charge < -0.3 is 14.9 Å². The van der Waals surface area contributed by atoms with Crippen LogP contribution in [0.25, 0.3) is 0 Å². The van der Waals surface area contributed by atoms with Crippen LogP contribution < -0.4 is 9.80 Å². The zero-order chi connectivity index (χ0) is 16.9. The normalized spacial score (nSPS) is 14.7. The number of aliphatic carboxylic acids is 1. The molecule has 1 fully saturated rings. The average molecular weight is 344 g/mol. The number of anilines is 2. The number of hydrogen-bond donors (Lipinski definition) is 1. The summed E-state index contributed by atoms with van der Waals surface area (Å²) in [6, 6.07) is 12.2. The molecule has 0 atom stereocenters. The second-order valence-corrected chi connectivity index (χ2v) is 6.36. The van der Waals surface area contributed by atoms with Crippen molar-refractivity contribution < 1.29 is 9.90 Å². The Morgan fingerprint density at radius 1 is 1.12 bits per heavy atom. The van der Waals surface area contributed by atoms with E-state index >= 15 is 0 Å². The molecule has 6 nitrogen and oxygen atoms in total. The van der Waals surface area contributed by atoms with Crippen molar-refractivity contribution in [3.8, 4) is 0 Å². The van der Waals surface area contributed by atoms with Gasteiger partial charge in [-0.05, 0) is 18.4 Å². The molecule has 1 aromatic carbocycles. The highest BCUT2D eigenvalue weighted by molar-refractivity contribution is 7.98. The fourth-order valence-corrected chi connectivity index (χ4v) is 3.18. The van der Waals surface area contributed by atoms with Crippen LogP contribution in [0, 0.1) is 0 Å². The Labute approximate surface area is 145 Å². The molecule has 0 amide bonds. The fourth-order valence-electron chi connectivity index (χ4n) is 2.79. The molecule has 7 heteroatoms. The number of rotatable bonds is 5. The zero-order valence-electron chi connectivity index (χ0n) is 13.6. The predicted molar refractivity (Wildman–Crippen MR) is 96.0 cm³/mol. The smallest absolute Gasteiger partial charge is 0.309 e. The van der Waals surface area contributed by atoms with E-state index in [-0.39, 0.29) is 6.42 Å². The lowest BCUT2D eigenvalue weighted by Crippen LogP contribution is -2.46. The summed E-state index contributed by atoms with van der Waals surface area (Å²) in [4.78, 5) is 24.4. The Morgan fingerprint density at radius 3 is 2.42 bits per heavy atom. The van der Waals surface area contributed by atoms with Crippen LogP contribution >= 0.6 is 11.8 Å². The minimum atomic E-state index is -0.874.